The molecular weight excluding hydrogens is 403 g/mol. The Morgan fingerprint density at radius 3 is 2.17 bits per heavy atom. The lowest BCUT2D eigenvalue weighted by molar-refractivity contribution is -0.137. The predicted octanol–water partition coefficient (Wildman–Crippen LogP) is 3.94. The Labute approximate surface area is 172 Å². The van der Waals surface area contributed by atoms with Crippen LogP contribution in [0.15, 0.2) is 36.4 Å². The van der Waals surface area contributed by atoms with E-state index in [-0.39, 0.29) is 19.1 Å². The van der Waals surface area contributed by atoms with E-state index in [1.54, 1.807) is 17.0 Å². The highest BCUT2D eigenvalue weighted by atomic mass is 19.4. The average molecular weight is 425 g/mol. The molecule has 1 fully saturated rings. The second kappa shape index (κ2) is 8.83. The molecule has 30 heavy (non-hydrogen) atoms. The second-order valence-electron chi connectivity index (χ2n) is 6.64. The molecule has 0 bridgehead atoms. The van der Waals surface area contributed by atoms with Crippen LogP contribution in [0, 0.1) is 0 Å². The van der Waals surface area contributed by atoms with Gasteiger partial charge in [0.15, 0.2) is 11.5 Å². The second-order valence-corrected chi connectivity index (χ2v) is 6.64. The standard InChI is InChI=1S/C21H22F3NO5/c1-27-16-11-18(29-3)17(28-2)10-15(16)20(26)25-8-9-30-19(12-25)13-4-6-14(7-5-13)21(22,23)24/h4-7,10-11,19H,8-9,12H2,1-3H3/t19-/m0/s1. The van der Waals surface area contributed by atoms with Crippen LogP contribution >= 0.6 is 0 Å². The summed E-state index contributed by atoms with van der Waals surface area (Å²) in [7, 11) is 4.39. The van der Waals surface area contributed by atoms with Crippen LogP contribution in [0.3, 0.4) is 0 Å². The van der Waals surface area contributed by atoms with Crippen molar-refractivity contribution in [3.8, 4) is 17.2 Å². The van der Waals surface area contributed by atoms with Crippen LogP contribution in [-0.2, 0) is 10.9 Å². The summed E-state index contributed by atoms with van der Waals surface area (Å²) in [5, 5.41) is 0. The fourth-order valence-electron chi connectivity index (χ4n) is 3.29. The largest absolute Gasteiger partial charge is 0.496 e. The lowest BCUT2D eigenvalue weighted by Crippen LogP contribution is -2.42. The van der Waals surface area contributed by atoms with Gasteiger partial charge in [-0.05, 0) is 17.7 Å². The number of nitrogens with zero attached hydrogens (tertiary/aromatic N) is 1. The molecule has 3 rings (SSSR count). The number of methoxy groups -OCH3 is 3. The number of rotatable bonds is 5. The van der Waals surface area contributed by atoms with E-state index in [0.717, 1.165) is 12.1 Å². The van der Waals surface area contributed by atoms with Crippen molar-refractivity contribution in [2.45, 2.75) is 12.3 Å². The number of hydrogen-bond donors (Lipinski definition) is 0. The SMILES string of the molecule is COc1cc(OC)c(C(=O)N2CCO[C@H](c3ccc(C(F)(F)F)cc3)C2)cc1OC. The minimum atomic E-state index is -4.40. The fourth-order valence-corrected chi connectivity index (χ4v) is 3.29. The first kappa shape index (κ1) is 21.8. The summed E-state index contributed by atoms with van der Waals surface area (Å²) < 4.78 is 59.9. The smallest absolute Gasteiger partial charge is 0.416 e. The van der Waals surface area contributed by atoms with Gasteiger partial charge in [0, 0.05) is 18.7 Å². The Bertz CT molecular complexity index is 899. The van der Waals surface area contributed by atoms with Crippen LogP contribution in [0.4, 0.5) is 13.2 Å². The Morgan fingerprint density at radius 1 is 1.00 bits per heavy atom. The van der Waals surface area contributed by atoms with Gasteiger partial charge in [-0.25, -0.2) is 0 Å². The topological polar surface area (TPSA) is 57.2 Å². The van der Waals surface area contributed by atoms with E-state index in [0.29, 0.717) is 34.9 Å². The molecule has 9 heteroatoms. The van der Waals surface area contributed by atoms with E-state index >= 15 is 0 Å². The number of hydrogen-bond acceptors (Lipinski definition) is 5. The van der Waals surface area contributed by atoms with E-state index in [4.69, 9.17) is 18.9 Å². The third kappa shape index (κ3) is 4.46. The van der Waals surface area contributed by atoms with Crippen LogP contribution < -0.4 is 14.2 Å². The molecular formula is C21H22F3NO5. The average Bonchev–Trinajstić information content (AvgIpc) is 2.77. The molecule has 0 radical (unpaired) electrons. The van der Waals surface area contributed by atoms with Gasteiger partial charge in [0.05, 0.1) is 45.6 Å². The third-order valence-corrected chi connectivity index (χ3v) is 4.90. The summed E-state index contributed by atoms with van der Waals surface area (Å²) in [4.78, 5) is 14.7. The van der Waals surface area contributed by atoms with Gasteiger partial charge in [0.25, 0.3) is 5.91 Å². The van der Waals surface area contributed by atoms with Crippen LogP contribution in [0.2, 0.25) is 0 Å². The van der Waals surface area contributed by atoms with Crippen molar-refractivity contribution >= 4 is 5.91 Å². The number of benzene rings is 2. The minimum Gasteiger partial charge on any atom is -0.496 e. The van der Waals surface area contributed by atoms with Crippen molar-refractivity contribution in [2.75, 3.05) is 41.0 Å². The number of alkyl halides is 3. The van der Waals surface area contributed by atoms with Crippen LogP contribution in [0.25, 0.3) is 0 Å². The van der Waals surface area contributed by atoms with Gasteiger partial charge in [-0.15, -0.1) is 0 Å². The lowest BCUT2D eigenvalue weighted by atomic mass is 10.0. The Hall–Kier alpha value is -2.94. The van der Waals surface area contributed by atoms with E-state index in [2.05, 4.69) is 0 Å². The highest BCUT2D eigenvalue weighted by Crippen LogP contribution is 2.36. The molecule has 0 unspecified atom stereocenters. The van der Waals surface area contributed by atoms with Gasteiger partial charge in [-0.3, -0.25) is 4.79 Å². The molecule has 0 aliphatic carbocycles. The van der Waals surface area contributed by atoms with E-state index < -0.39 is 17.8 Å². The van der Waals surface area contributed by atoms with Gasteiger partial charge in [-0.1, -0.05) is 12.1 Å². The molecule has 1 aliphatic rings. The first-order valence-electron chi connectivity index (χ1n) is 9.16. The molecule has 1 heterocycles. The number of morpholine rings is 1. The van der Waals surface area contributed by atoms with E-state index in [9.17, 15) is 18.0 Å². The zero-order chi connectivity index (χ0) is 21.9. The van der Waals surface area contributed by atoms with Crippen molar-refractivity contribution in [3.05, 3.63) is 53.1 Å². The molecule has 2 aromatic rings. The summed E-state index contributed by atoms with van der Waals surface area (Å²) in [5.74, 6) is 0.841. The molecule has 1 saturated heterocycles. The number of carbonyl (C=O) groups excluding carboxylic acids is 1. The van der Waals surface area contributed by atoms with Gasteiger partial charge in [0.1, 0.15) is 11.9 Å². The predicted molar refractivity (Wildman–Crippen MR) is 102 cm³/mol. The maximum Gasteiger partial charge on any atom is 0.416 e. The maximum atomic E-state index is 13.2. The number of ether oxygens (including phenoxy) is 4. The summed E-state index contributed by atoms with van der Waals surface area (Å²) in [5.41, 5.74) is 0.132. The fraction of sp³-hybridized carbons (Fsp3) is 0.381. The summed E-state index contributed by atoms with van der Waals surface area (Å²) >= 11 is 0. The van der Waals surface area contributed by atoms with Gasteiger partial charge in [-0.2, -0.15) is 13.2 Å². The van der Waals surface area contributed by atoms with Crippen LogP contribution in [-0.4, -0.2) is 51.8 Å². The first-order chi connectivity index (χ1) is 14.3. The Balaban J connectivity index is 1.82. The van der Waals surface area contributed by atoms with Crippen molar-refractivity contribution < 1.29 is 36.9 Å². The molecule has 0 aromatic heterocycles. The molecule has 162 valence electrons. The Morgan fingerprint density at radius 2 is 1.60 bits per heavy atom. The molecule has 6 nitrogen and oxygen atoms in total. The summed E-state index contributed by atoms with van der Waals surface area (Å²) in [6.07, 6.45) is -4.94. The van der Waals surface area contributed by atoms with Gasteiger partial charge in [0.2, 0.25) is 0 Å². The van der Waals surface area contributed by atoms with E-state index in [1.807, 2.05) is 0 Å². The summed E-state index contributed by atoms with van der Waals surface area (Å²) in [6.45, 7) is 0.794. The highest BCUT2D eigenvalue weighted by Gasteiger charge is 2.32. The normalized spacial score (nSPS) is 16.9. The molecule has 1 amide bonds. The van der Waals surface area contributed by atoms with E-state index in [1.165, 1.54) is 33.5 Å². The monoisotopic (exact) mass is 425 g/mol. The maximum absolute atomic E-state index is 13.2. The van der Waals surface area contributed by atoms with Crippen LogP contribution in [0.5, 0.6) is 17.2 Å². The minimum absolute atomic E-state index is 0.196. The molecule has 0 N–H and O–H groups in total. The summed E-state index contributed by atoms with van der Waals surface area (Å²) in [6, 6.07) is 7.88. The van der Waals surface area contributed by atoms with Gasteiger partial charge < -0.3 is 23.8 Å². The molecule has 2 aromatic carbocycles. The third-order valence-electron chi connectivity index (χ3n) is 4.90. The molecule has 0 saturated carbocycles. The molecule has 0 spiro atoms. The first-order valence-corrected chi connectivity index (χ1v) is 9.16. The zero-order valence-electron chi connectivity index (χ0n) is 16.8. The highest BCUT2D eigenvalue weighted by molar-refractivity contribution is 5.98. The van der Waals surface area contributed by atoms with Gasteiger partial charge >= 0.3 is 6.18 Å². The number of amides is 1. The number of carbonyl (C=O) groups is 1. The zero-order valence-corrected chi connectivity index (χ0v) is 16.8. The van der Waals surface area contributed by atoms with Crippen molar-refractivity contribution in [3.63, 3.8) is 0 Å². The number of halogens is 3. The van der Waals surface area contributed by atoms with Crippen molar-refractivity contribution in [2.24, 2.45) is 0 Å². The van der Waals surface area contributed by atoms with Crippen LogP contribution in [0.1, 0.15) is 27.6 Å². The molecule has 1 aliphatic heterocycles. The Kier molecular flexibility index (Phi) is 6.40. The van der Waals surface area contributed by atoms with Crippen molar-refractivity contribution in [1.29, 1.82) is 0 Å². The van der Waals surface area contributed by atoms with Crippen molar-refractivity contribution in [1.82, 2.24) is 4.90 Å². The lowest BCUT2D eigenvalue weighted by Gasteiger charge is -2.33. The quantitative estimate of drug-likeness (QED) is 0.726. The molecule has 1 atom stereocenters.